The second-order valence-electron chi connectivity index (χ2n) is 6.48. The highest BCUT2D eigenvalue weighted by atomic mass is 16.2. The summed E-state index contributed by atoms with van der Waals surface area (Å²) in [5.74, 6) is 0.712. The van der Waals surface area contributed by atoms with E-state index in [1.807, 2.05) is 17.0 Å². The summed E-state index contributed by atoms with van der Waals surface area (Å²) < 4.78 is 0. The molecule has 0 saturated carbocycles. The van der Waals surface area contributed by atoms with Crippen molar-refractivity contribution >= 4 is 23.3 Å². The van der Waals surface area contributed by atoms with Gasteiger partial charge in [-0.3, -0.25) is 14.7 Å². The van der Waals surface area contributed by atoms with Crippen LogP contribution < -0.4 is 15.5 Å². The van der Waals surface area contributed by atoms with Crippen molar-refractivity contribution in [2.24, 2.45) is 5.92 Å². The zero-order chi connectivity index (χ0) is 17.2. The van der Waals surface area contributed by atoms with Gasteiger partial charge in [0.2, 0.25) is 11.8 Å². The molecule has 1 saturated heterocycles. The van der Waals surface area contributed by atoms with E-state index in [1.165, 1.54) is 0 Å². The summed E-state index contributed by atoms with van der Waals surface area (Å²) in [6.45, 7) is 1.67. The normalized spacial score (nSPS) is 19.9. The molecule has 2 aromatic heterocycles. The molecule has 4 rings (SSSR count). The monoisotopic (exact) mass is 340 g/mol. The Morgan fingerprint density at radius 2 is 2.24 bits per heavy atom. The van der Waals surface area contributed by atoms with E-state index in [4.69, 9.17) is 0 Å². The van der Waals surface area contributed by atoms with Gasteiger partial charge in [0.05, 0.1) is 24.6 Å². The van der Waals surface area contributed by atoms with E-state index in [0.29, 0.717) is 25.2 Å². The molecule has 8 nitrogen and oxygen atoms in total. The van der Waals surface area contributed by atoms with Gasteiger partial charge in [-0.1, -0.05) is 0 Å². The van der Waals surface area contributed by atoms with Gasteiger partial charge in [0.1, 0.15) is 5.82 Å². The number of H-pyrrole nitrogens is 1. The first kappa shape index (κ1) is 15.6. The minimum atomic E-state index is -0.0458. The van der Waals surface area contributed by atoms with Crippen LogP contribution in [0.4, 0.5) is 11.5 Å². The van der Waals surface area contributed by atoms with Crippen molar-refractivity contribution in [3.8, 4) is 0 Å². The van der Waals surface area contributed by atoms with E-state index >= 15 is 0 Å². The number of nitrogens with zero attached hydrogens (tertiary/aromatic N) is 3. The molecule has 0 aromatic carbocycles. The van der Waals surface area contributed by atoms with Gasteiger partial charge in [0, 0.05) is 24.7 Å². The number of nitrogens with one attached hydrogen (secondary N) is 3. The predicted molar refractivity (Wildman–Crippen MR) is 92.2 cm³/mol. The average molecular weight is 340 g/mol. The highest BCUT2D eigenvalue weighted by Crippen LogP contribution is 2.25. The molecule has 1 aliphatic carbocycles. The van der Waals surface area contributed by atoms with Gasteiger partial charge in [-0.05, 0) is 37.0 Å². The van der Waals surface area contributed by atoms with Crippen molar-refractivity contribution in [1.29, 1.82) is 0 Å². The standard InChI is InChI=1S/C17H20N6O2/c24-16-10-23(6-5-18-16)15-4-2-13(9-19-15)21-17(25)11-1-3-14-12(7-11)8-20-22-14/h2,4,8-9,11H,1,3,5-7,10H2,(H,18,24)(H,20,22)(H,21,25)/t11-/m1/s1. The highest BCUT2D eigenvalue weighted by Gasteiger charge is 2.26. The van der Waals surface area contributed by atoms with Gasteiger partial charge in [-0.2, -0.15) is 5.10 Å². The summed E-state index contributed by atoms with van der Waals surface area (Å²) in [5, 5.41) is 12.8. The molecule has 8 heteroatoms. The molecular weight excluding hydrogens is 320 g/mol. The summed E-state index contributed by atoms with van der Waals surface area (Å²) in [5.41, 5.74) is 2.94. The summed E-state index contributed by atoms with van der Waals surface area (Å²) in [4.78, 5) is 30.3. The quantitative estimate of drug-likeness (QED) is 0.754. The fourth-order valence-corrected chi connectivity index (χ4v) is 3.37. The van der Waals surface area contributed by atoms with Gasteiger partial charge in [-0.15, -0.1) is 0 Å². The molecule has 3 heterocycles. The number of hydrogen-bond donors (Lipinski definition) is 3. The maximum absolute atomic E-state index is 12.5. The molecule has 2 aromatic rings. The molecule has 0 spiro atoms. The van der Waals surface area contributed by atoms with Gasteiger partial charge < -0.3 is 15.5 Å². The Kier molecular flexibility index (Phi) is 4.09. The van der Waals surface area contributed by atoms with Crippen LogP contribution in [0.5, 0.6) is 0 Å². The first-order valence-corrected chi connectivity index (χ1v) is 8.49. The summed E-state index contributed by atoms with van der Waals surface area (Å²) in [7, 11) is 0. The van der Waals surface area contributed by atoms with E-state index in [2.05, 4.69) is 25.8 Å². The highest BCUT2D eigenvalue weighted by molar-refractivity contribution is 5.92. The zero-order valence-corrected chi connectivity index (χ0v) is 13.8. The first-order chi connectivity index (χ1) is 12.2. The number of aromatic amines is 1. The molecule has 25 heavy (non-hydrogen) atoms. The fraction of sp³-hybridized carbons (Fsp3) is 0.412. The Bertz CT molecular complexity index is 785. The van der Waals surface area contributed by atoms with Crippen LogP contribution in [-0.2, 0) is 22.4 Å². The number of pyridine rings is 1. The largest absolute Gasteiger partial charge is 0.353 e. The fourth-order valence-electron chi connectivity index (χ4n) is 3.37. The second-order valence-corrected chi connectivity index (χ2v) is 6.48. The zero-order valence-electron chi connectivity index (χ0n) is 13.8. The molecule has 1 atom stereocenters. The van der Waals surface area contributed by atoms with Crippen LogP contribution in [0, 0.1) is 5.92 Å². The minimum absolute atomic E-state index is 0.00124. The van der Waals surface area contributed by atoms with Gasteiger partial charge in [-0.25, -0.2) is 4.98 Å². The summed E-state index contributed by atoms with van der Waals surface area (Å²) in [6.07, 6.45) is 5.83. The number of carbonyl (C=O) groups is 2. The second kappa shape index (κ2) is 6.54. The van der Waals surface area contributed by atoms with Crippen molar-refractivity contribution in [3.05, 3.63) is 35.8 Å². The summed E-state index contributed by atoms with van der Waals surface area (Å²) >= 11 is 0. The van der Waals surface area contributed by atoms with Gasteiger partial charge in [0.25, 0.3) is 0 Å². The maximum atomic E-state index is 12.5. The van der Waals surface area contributed by atoms with Gasteiger partial charge in [0.15, 0.2) is 0 Å². The number of rotatable bonds is 3. The van der Waals surface area contributed by atoms with Crippen LogP contribution in [0.2, 0.25) is 0 Å². The molecule has 2 amide bonds. The maximum Gasteiger partial charge on any atom is 0.239 e. The van der Waals surface area contributed by atoms with E-state index < -0.39 is 0 Å². The number of aromatic nitrogens is 3. The molecule has 1 aliphatic heterocycles. The van der Waals surface area contributed by atoms with Crippen molar-refractivity contribution in [2.75, 3.05) is 29.9 Å². The van der Waals surface area contributed by atoms with Crippen LogP contribution in [0.15, 0.2) is 24.5 Å². The van der Waals surface area contributed by atoms with E-state index in [9.17, 15) is 9.59 Å². The van der Waals surface area contributed by atoms with E-state index in [0.717, 1.165) is 36.5 Å². The number of aryl methyl sites for hydroxylation is 1. The third-order valence-electron chi connectivity index (χ3n) is 4.77. The smallest absolute Gasteiger partial charge is 0.239 e. The Labute approximate surface area is 145 Å². The Morgan fingerprint density at radius 1 is 1.32 bits per heavy atom. The lowest BCUT2D eigenvalue weighted by atomic mass is 9.87. The van der Waals surface area contributed by atoms with Crippen LogP contribution in [0.1, 0.15) is 17.7 Å². The van der Waals surface area contributed by atoms with Crippen LogP contribution in [0.25, 0.3) is 0 Å². The van der Waals surface area contributed by atoms with Crippen LogP contribution in [0.3, 0.4) is 0 Å². The van der Waals surface area contributed by atoms with Crippen LogP contribution >= 0.6 is 0 Å². The predicted octanol–water partition coefficient (Wildman–Crippen LogP) is 0.484. The number of fused-ring (bicyclic) bond motifs is 1. The molecule has 130 valence electrons. The SMILES string of the molecule is O=C1CN(c2ccc(NC(=O)[C@@H]3CCc4[nH]ncc4C3)cn2)CCN1. The molecule has 3 N–H and O–H groups in total. The molecule has 0 radical (unpaired) electrons. The van der Waals surface area contributed by atoms with E-state index in [-0.39, 0.29) is 17.7 Å². The number of anilines is 2. The first-order valence-electron chi connectivity index (χ1n) is 8.49. The Balaban J connectivity index is 1.38. The Morgan fingerprint density at radius 3 is 3.04 bits per heavy atom. The van der Waals surface area contributed by atoms with E-state index in [1.54, 1.807) is 12.4 Å². The summed E-state index contributed by atoms with van der Waals surface area (Å²) in [6, 6.07) is 3.67. The number of amides is 2. The minimum Gasteiger partial charge on any atom is -0.353 e. The third-order valence-corrected chi connectivity index (χ3v) is 4.77. The lowest BCUT2D eigenvalue weighted by molar-refractivity contribution is -0.121. The topological polar surface area (TPSA) is 103 Å². The Hall–Kier alpha value is -2.90. The molecule has 2 aliphatic rings. The lowest BCUT2D eigenvalue weighted by Gasteiger charge is -2.27. The van der Waals surface area contributed by atoms with Crippen molar-refractivity contribution < 1.29 is 9.59 Å². The molecule has 1 fully saturated rings. The van der Waals surface area contributed by atoms with Crippen molar-refractivity contribution in [1.82, 2.24) is 20.5 Å². The van der Waals surface area contributed by atoms with Crippen molar-refractivity contribution in [2.45, 2.75) is 19.3 Å². The molecule has 0 unspecified atom stereocenters. The number of carbonyl (C=O) groups excluding carboxylic acids is 2. The number of hydrogen-bond acceptors (Lipinski definition) is 5. The molecule has 0 bridgehead atoms. The molecular formula is C17H20N6O2. The lowest BCUT2D eigenvalue weighted by Crippen LogP contribution is -2.48. The van der Waals surface area contributed by atoms with Crippen molar-refractivity contribution in [3.63, 3.8) is 0 Å². The van der Waals surface area contributed by atoms with Gasteiger partial charge >= 0.3 is 0 Å². The average Bonchev–Trinajstić information content (AvgIpc) is 3.10. The number of piperazine rings is 1. The third kappa shape index (κ3) is 3.33. The van der Waals surface area contributed by atoms with Crippen LogP contribution in [-0.4, -0.2) is 46.6 Å².